The molecule has 0 radical (unpaired) electrons. The van der Waals surface area contributed by atoms with Crippen LogP contribution in [0.15, 0.2) is 42.7 Å². The number of carbonyl (C=O) groups excluding carboxylic acids is 1. The van der Waals surface area contributed by atoms with Gasteiger partial charge in [-0.25, -0.2) is 4.98 Å². The quantitative estimate of drug-likeness (QED) is 0.670. The number of imidazole rings is 1. The van der Waals surface area contributed by atoms with Crippen molar-refractivity contribution in [2.24, 2.45) is 0 Å². The molecule has 0 atom stereocenters. The summed E-state index contributed by atoms with van der Waals surface area (Å²) in [6.07, 6.45) is 3.89. The monoisotopic (exact) mass is 393 g/mol. The second-order valence-electron chi connectivity index (χ2n) is 5.71. The lowest BCUT2D eigenvalue weighted by Gasteiger charge is -2.05. The molecular formula is C18H17Cl2N3OS. The molecular weight excluding hydrogens is 377 g/mol. The third-order valence-electron chi connectivity index (χ3n) is 3.64. The number of rotatable bonds is 6. The molecule has 0 aliphatic heterocycles. The van der Waals surface area contributed by atoms with Crippen LogP contribution in [0.3, 0.4) is 0 Å². The van der Waals surface area contributed by atoms with Crippen molar-refractivity contribution < 1.29 is 4.79 Å². The van der Waals surface area contributed by atoms with Gasteiger partial charge in [-0.15, -0.1) is 11.8 Å². The van der Waals surface area contributed by atoms with Gasteiger partial charge in [0.25, 0.3) is 0 Å². The molecule has 25 heavy (non-hydrogen) atoms. The Bertz CT molecular complexity index is 910. The first-order chi connectivity index (χ1) is 12.0. The maximum atomic E-state index is 12.0. The lowest BCUT2D eigenvalue weighted by Crippen LogP contribution is -2.24. The molecule has 1 aromatic carbocycles. The molecule has 0 unspecified atom stereocenters. The van der Waals surface area contributed by atoms with Crippen LogP contribution in [-0.2, 0) is 17.1 Å². The standard InChI is InChI=1S/C18H17Cl2N3OS/c1-12-4-5-23-9-15(22-17(23)6-12)8-21-18(24)11-25-10-13-2-3-14(19)7-16(13)20/h2-7,9H,8,10-11H2,1H3,(H,21,24). The summed E-state index contributed by atoms with van der Waals surface area (Å²) in [6, 6.07) is 9.43. The van der Waals surface area contributed by atoms with E-state index in [0.717, 1.165) is 22.5 Å². The van der Waals surface area contributed by atoms with Crippen molar-refractivity contribution in [1.82, 2.24) is 14.7 Å². The van der Waals surface area contributed by atoms with Gasteiger partial charge in [-0.05, 0) is 42.3 Å². The molecule has 0 aliphatic carbocycles. The SMILES string of the molecule is Cc1ccn2cc(CNC(=O)CSCc3ccc(Cl)cc3Cl)nc2c1. The van der Waals surface area contributed by atoms with E-state index in [1.807, 2.05) is 41.9 Å². The normalized spacial score (nSPS) is 11.0. The van der Waals surface area contributed by atoms with Crippen LogP contribution in [0.2, 0.25) is 10.0 Å². The fraction of sp³-hybridized carbons (Fsp3) is 0.222. The fourth-order valence-electron chi connectivity index (χ4n) is 2.35. The molecule has 1 amide bonds. The molecule has 2 heterocycles. The number of fused-ring (bicyclic) bond motifs is 1. The average molecular weight is 394 g/mol. The predicted molar refractivity (Wildman–Crippen MR) is 104 cm³/mol. The van der Waals surface area contributed by atoms with E-state index >= 15 is 0 Å². The molecule has 130 valence electrons. The van der Waals surface area contributed by atoms with Crippen molar-refractivity contribution in [2.45, 2.75) is 19.2 Å². The van der Waals surface area contributed by atoms with Crippen LogP contribution in [-0.4, -0.2) is 21.0 Å². The zero-order chi connectivity index (χ0) is 17.8. The number of nitrogens with one attached hydrogen (secondary N) is 1. The Kier molecular flexibility index (Phi) is 5.89. The number of hydrogen-bond donors (Lipinski definition) is 1. The lowest BCUT2D eigenvalue weighted by molar-refractivity contribution is -0.118. The summed E-state index contributed by atoms with van der Waals surface area (Å²) >= 11 is 13.5. The number of pyridine rings is 1. The Morgan fingerprint density at radius 2 is 2.12 bits per heavy atom. The Morgan fingerprint density at radius 1 is 1.28 bits per heavy atom. The van der Waals surface area contributed by atoms with Crippen molar-refractivity contribution in [1.29, 1.82) is 0 Å². The molecule has 0 fully saturated rings. The molecule has 4 nitrogen and oxygen atoms in total. The molecule has 0 saturated carbocycles. The zero-order valence-corrected chi connectivity index (χ0v) is 16.0. The van der Waals surface area contributed by atoms with Crippen LogP contribution in [0.25, 0.3) is 5.65 Å². The Hall–Kier alpha value is -1.69. The molecule has 0 bridgehead atoms. The van der Waals surface area contributed by atoms with E-state index in [-0.39, 0.29) is 5.91 Å². The Balaban J connectivity index is 1.47. The molecule has 0 aliphatic rings. The first-order valence-electron chi connectivity index (χ1n) is 7.74. The topological polar surface area (TPSA) is 46.4 Å². The third kappa shape index (κ3) is 4.91. The first kappa shape index (κ1) is 18.1. The van der Waals surface area contributed by atoms with E-state index in [9.17, 15) is 4.79 Å². The number of hydrogen-bond acceptors (Lipinski definition) is 3. The van der Waals surface area contributed by atoms with Crippen LogP contribution in [0, 0.1) is 6.92 Å². The van der Waals surface area contributed by atoms with Crippen LogP contribution in [0.1, 0.15) is 16.8 Å². The maximum Gasteiger partial charge on any atom is 0.230 e. The zero-order valence-electron chi connectivity index (χ0n) is 13.6. The Morgan fingerprint density at radius 3 is 2.92 bits per heavy atom. The van der Waals surface area contributed by atoms with Gasteiger partial charge in [0.15, 0.2) is 0 Å². The minimum atomic E-state index is -0.0247. The lowest BCUT2D eigenvalue weighted by atomic mass is 10.2. The van der Waals surface area contributed by atoms with E-state index in [1.165, 1.54) is 11.8 Å². The Labute approximate surface area is 160 Å². The second-order valence-corrected chi connectivity index (χ2v) is 7.54. The van der Waals surface area contributed by atoms with Crippen molar-refractivity contribution in [3.63, 3.8) is 0 Å². The maximum absolute atomic E-state index is 12.0. The van der Waals surface area contributed by atoms with E-state index in [4.69, 9.17) is 23.2 Å². The van der Waals surface area contributed by atoms with E-state index in [0.29, 0.717) is 28.1 Å². The minimum absolute atomic E-state index is 0.0247. The third-order valence-corrected chi connectivity index (χ3v) is 5.21. The van der Waals surface area contributed by atoms with Gasteiger partial charge in [0.2, 0.25) is 5.91 Å². The summed E-state index contributed by atoms with van der Waals surface area (Å²) in [5.41, 5.74) is 3.85. The van der Waals surface area contributed by atoms with Crippen LogP contribution in [0.5, 0.6) is 0 Å². The molecule has 2 aromatic heterocycles. The molecule has 0 saturated heterocycles. The van der Waals surface area contributed by atoms with Gasteiger partial charge in [0.1, 0.15) is 5.65 Å². The highest BCUT2D eigenvalue weighted by Gasteiger charge is 2.07. The summed E-state index contributed by atoms with van der Waals surface area (Å²) in [6.45, 7) is 2.45. The molecule has 7 heteroatoms. The summed E-state index contributed by atoms with van der Waals surface area (Å²) < 4.78 is 1.95. The van der Waals surface area contributed by atoms with Crippen molar-refractivity contribution in [2.75, 3.05) is 5.75 Å². The van der Waals surface area contributed by atoms with Crippen molar-refractivity contribution >= 4 is 46.5 Å². The van der Waals surface area contributed by atoms with Crippen LogP contribution in [0.4, 0.5) is 0 Å². The van der Waals surface area contributed by atoms with Crippen molar-refractivity contribution in [3.05, 3.63) is 69.6 Å². The number of benzene rings is 1. The summed E-state index contributed by atoms with van der Waals surface area (Å²) in [7, 11) is 0. The average Bonchev–Trinajstić information content (AvgIpc) is 2.97. The molecule has 3 aromatic rings. The van der Waals surface area contributed by atoms with Gasteiger partial charge in [-0.3, -0.25) is 4.79 Å². The highest BCUT2D eigenvalue weighted by Crippen LogP contribution is 2.24. The van der Waals surface area contributed by atoms with Gasteiger partial charge >= 0.3 is 0 Å². The largest absolute Gasteiger partial charge is 0.350 e. The highest BCUT2D eigenvalue weighted by atomic mass is 35.5. The van der Waals surface area contributed by atoms with Gasteiger partial charge < -0.3 is 9.72 Å². The number of thioether (sulfide) groups is 1. The van der Waals surface area contributed by atoms with E-state index < -0.39 is 0 Å². The highest BCUT2D eigenvalue weighted by molar-refractivity contribution is 7.99. The minimum Gasteiger partial charge on any atom is -0.350 e. The van der Waals surface area contributed by atoms with Crippen molar-refractivity contribution in [3.8, 4) is 0 Å². The second kappa shape index (κ2) is 8.13. The van der Waals surface area contributed by atoms with Gasteiger partial charge in [-0.2, -0.15) is 0 Å². The van der Waals surface area contributed by atoms with Gasteiger partial charge in [0.05, 0.1) is 18.0 Å². The number of aromatic nitrogens is 2. The smallest absolute Gasteiger partial charge is 0.230 e. The molecule has 1 N–H and O–H groups in total. The fourth-order valence-corrected chi connectivity index (χ4v) is 3.77. The predicted octanol–water partition coefficient (Wildman–Crippen LogP) is 4.50. The first-order valence-corrected chi connectivity index (χ1v) is 9.65. The number of halogens is 2. The summed E-state index contributed by atoms with van der Waals surface area (Å²) in [5, 5.41) is 4.13. The number of amides is 1. The van der Waals surface area contributed by atoms with E-state index in [2.05, 4.69) is 10.3 Å². The summed E-state index contributed by atoms with van der Waals surface area (Å²) in [4.78, 5) is 16.5. The molecule has 3 rings (SSSR count). The van der Waals surface area contributed by atoms with E-state index in [1.54, 1.807) is 12.1 Å². The van der Waals surface area contributed by atoms with Crippen LogP contribution >= 0.6 is 35.0 Å². The van der Waals surface area contributed by atoms with Gasteiger partial charge in [-0.1, -0.05) is 29.3 Å². The van der Waals surface area contributed by atoms with Crippen LogP contribution < -0.4 is 5.32 Å². The number of aryl methyl sites for hydroxylation is 1. The number of nitrogens with zero attached hydrogens (tertiary/aromatic N) is 2. The summed E-state index contributed by atoms with van der Waals surface area (Å²) in [5.74, 6) is 1.01. The number of carbonyl (C=O) groups is 1. The van der Waals surface area contributed by atoms with Gasteiger partial charge in [0, 0.05) is 28.2 Å². The molecule has 0 spiro atoms.